The van der Waals surface area contributed by atoms with Gasteiger partial charge in [0.05, 0.1) is 21.7 Å². The fraction of sp³-hybridized carbons (Fsp3) is 0.120. The van der Waals surface area contributed by atoms with E-state index >= 15 is 0 Å². The van der Waals surface area contributed by atoms with Crippen LogP contribution in [0.4, 0.5) is 0 Å². The Kier molecular flexibility index (Phi) is 5.43. The van der Waals surface area contributed by atoms with E-state index in [2.05, 4.69) is 5.32 Å². The number of sulfonamides is 1. The summed E-state index contributed by atoms with van der Waals surface area (Å²) in [4.78, 5) is 18.0. The second-order valence-electron chi connectivity index (χ2n) is 8.02. The van der Waals surface area contributed by atoms with E-state index in [0.717, 1.165) is 22.1 Å². The van der Waals surface area contributed by atoms with Gasteiger partial charge in [0.15, 0.2) is 11.5 Å². The zero-order chi connectivity index (χ0) is 23.9. The number of carbonyl (C=O) groups is 1. The number of fused-ring (bicyclic) bond motifs is 2. The number of ether oxygens (including phenoxy) is 2. The van der Waals surface area contributed by atoms with Crippen molar-refractivity contribution < 1.29 is 22.7 Å². The smallest absolute Gasteiger partial charge is 0.252 e. The third-order valence-corrected chi connectivity index (χ3v) is 6.51. The number of hydrogen-bond acceptors (Lipinski definition) is 6. The average molecular weight is 476 g/mol. The summed E-state index contributed by atoms with van der Waals surface area (Å²) in [7, 11) is -3.77. The van der Waals surface area contributed by atoms with E-state index in [1.165, 1.54) is 12.1 Å². The lowest BCUT2D eigenvalue weighted by Crippen LogP contribution is -2.23. The number of carbonyl (C=O) groups excluding carboxylic acids is 1. The Morgan fingerprint density at radius 1 is 1.00 bits per heavy atom. The van der Waals surface area contributed by atoms with E-state index in [1.54, 1.807) is 18.2 Å². The van der Waals surface area contributed by atoms with Crippen molar-refractivity contribution in [2.24, 2.45) is 5.14 Å². The summed E-state index contributed by atoms with van der Waals surface area (Å²) in [6, 6.07) is 19.2. The monoisotopic (exact) mass is 475 g/mol. The van der Waals surface area contributed by atoms with Crippen molar-refractivity contribution in [1.29, 1.82) is 0 Å². The van der Waals surface area contributed by atoms with Gasteiger partial charge in [0.1, 0.15) is 0 Å². The van der Waals surface area contributed by atoms with Crippen LogP contribution in [0.3, 0.4) is 0 Å². The molecule has 0 fully saturated rings. The van der Waals surface area contributed by atoms with Crippen molar-refractivity contribution in [2.45, 2.75) is 18.4 Å². The van der Waals surface area contributed by atoms with Crippen LogP contribution in [0.2, 0.25) is 0 Å². The highest BCUT2D eigenvalue weighted by Gasteiger charge is 2.18. The number of aromatic nitrogens is 1. The van der Waals surface area contributed by atoms with Crippen LogP contribution in [0, 0.1) is 6.92 Å². The van der Waals surface area contributed by atoms with Crippen molar-refractivity contribution in [3.05, 3.63) is 83.4 Å². The lowest BCUT2D eigenvalue weighted by molar-refractivity contribution is 0.0952. The molecule has 1 amide bonds. The maximum Gasteiger partial charge on any atom is 0.252 e. The number of rotatable bonds is 5. The molecule has 0 saturated carbocycles. The molecule has 0 bridgehead atoms. The number of nitrogens with zero attached hydrogens (tertiary/aromatic N) is 1. The third kappa shape index (κ3) is 4.30. The van der Waals surface area contributed by atoms with Crippen LogP contribution in [0.1, 0.15) is 21.5 Å². The minimum absolute atomic E-state index is 0.0200. The Balaban J connectivity index is 1.47. The number of nitrogens with one attached hydrogen (secondary N) is 1. The highest BCUT2D eigenvalue weighted by Crippen LogP contribution is 2.36. The predicted octanol–water partition coefficient (Wildman–Crippen LogP) is 3.52. The molecule has 34 heavy (non-hydrogen) atoms. The Labute approximate surface area is 196 Å². The first-order valence-electron chi connectivity index (χ1n) is 10.5. The number of pyridine rings is 1. The second kappa shape index (κ2) is 8.44. The number of benzene rings is 3. The molecule has 1 aliphatic heterocycles. The van der Waals surface area contributed by atoms with E-state index < -0.39 is 10.0 Å². The third-order valence-electron chi connectivity index (χ3n) is 5.58. The zero-order valence-electron chi connectivity index (χ0n) is 18.2. The molecule has 0 saturated heterocycles. The van der Waals surface area contributed by atoms with Crippen molar-refractivity contribution in [2.75, 3.05) is 6.79 Å². The first kappa shape index (κ1) is 21.9. The zero-order valence-corrected chi connectivity index (χ0v) is 19.1. The Morgan fingerprint density at radius 2 is 1.76 bits per heavy atom. The summed E-state index contributed by atoms with van der Waals surface area (Å²) >= 11 is 0. The molecule has 5 rings (SSSR count). The van der Waals surface area contributed by atoms with E-state index in [4.69, 9.17) is 19.6 Å². The maximum absolute atomic E-state index is 13.2. The molecule has 0 unspecified atom stereocenters. The van der Waals surface area contributed by atoms with Gasteiger partial charge in [-0.25, -0.2) is 18.5 Å². The molecule has 172 valence electrons. The molecule has 3 N–H and O–H groups in total. The van der Waals surface area contributed by atoms with Gasteiger partial charge in [-0.3, -0.25) is 4.79 Å². The van der Waals surface area contributed by atoms with E-state index in [1.807, 2.05) is 43.3 Å². The summed E-state index contributed by atoms with van der Waals surface area (Å²) < 4.78 is 33.8. The first-order chi connectivity index (χ1) is 16.3. The second-order valence-corrected chi connectivity index (χ2v) is 9.58. The largest absolute Gasteiger partial charge is 0.454 e. The molecular formula is C25H21N3O5S. The van der Waals surface area contributed by atoms with Gasteiger partial charge in [0.25, 0.3) is 5.91 Å². The van der Waals surface area contributed by atoms with Gasteiger partial charge in [-0.15, -0.1) is 0 Å². The molecule has 9 heteroatoms. The molecule has 0 aliphatic carbocycles. The van der Waals surface area contributed by atoms with Crippen molar-refractivity contribution in [1.82, 2.24) is 10.3 Å². The van der Waals surface area contributed by atoms with Gasteiger partial charge in [-0.1, -0.05) is 23.8 Å². The average Bonchev–Trinajstić information content (AvgIpc) is 3.29. The van der Waals surface area contributed by atoms with Gasteiger partial charge in [-0.2, -0.15) is 0 Å². The molecule has 0 atom stereocenters. The van der Waals surface area contributed by atoms with Crippen molar-refractivity contribution in [3.8, 4) is 22.8 Å². The number of amides is 1. The molecule has 1 aliphatic rings. The van der Waals surface area contributed by atoms with Crippen LogP contribution in [0.25, 0.3) is 22.2 Å². The number of nitrogens with two attached hydrogens (primary N) is 1. The molecule has 4 aromatic rings. The molecule has 2 heterocycles. The fourth-order valence-corrected chi connectivity index (χ4v) is 4.32. The van der Waals surface area contributed by atoms with Gasteiger partial charge in [-0.05, 0) is 61.0 Å². The summed E-state index contributed by atoms with van der Waals surface area (Å²) in [6.07, 6.45) is 0. The van der Waals surface area contributed by atoms with E-state index in [9.17, 15) is 13.2 Å². The van der Waals surface area contributed by atoms with Crippen molar-refractivity contribution in [3.63, 3.8) is 0 Å². The number of primary sulfonamides is 1. The topological polar surface area (TPSA) is 121 Å². The molecule has 1 aromatic heterocycles. The first-order valence-corrected chi connectivity index (χ1v) is 12.0. The SMILES string of the molecule is Cc1ccc2nc(-c3ccc4c(c3)OCO4)cc(C(=O)NCc3ccc(S(N)(=O)=O)cc3)c2c1. The van der Waals surface area contributed by atoms with Gasteiger partial charge >= 0.3 is 0 Å². The van der Waals surface area contributed by atoms with Gasteiger partial charge < -0.3 is 14.8 Å². The molecule has 0 spiro atoms. The predicted molar refractivity (Wildman–Crippen MR) is 127 cm³/mol. The fourth-order valence-electron chi connectivity index (χ4n) is 3.81. The summed E-state index contributed by atoms with van der Waals surface area (Å²) in [5.74, 6) is 1.04. The van der Waals surface area contributed by atoms with Crippen molar-refractivity contribution >= 4 is 26.8 Å². The van der Waals surface area contributed by atoms with Crippen LogP contribution in [0.15, 0.2) is 71.6 Å². The van der Waals surface area contributed by atoms with E-state index in [0.29, 0.717) is 28.3 Å². The van der Waals surface area contributed by atoms with Crippen LogP contribution < -0.4 is 19.9 Å². The summed E-state index contributed by atoms with van der Waals surface area (Å²) in [5.41, 5.74) is 4.38. The van der Waals surface area contributed by atoms with Crippen LogP contribution in [0.5, 0.6) is 11.5 Å². The molecule has 3 aromatic carbocycles. The lowest BCUT2D eigenvalue weighted by Gasteiger charge is -2.12. The molecular weight excluding hydrogens is 454 g/mol. The molecule has 8 nitrogen and oxygen atoms in total. The Hall–Kier alpha value is -3.95. The van der Waals surface area contributed by atoms with Gasteiger partial charge in [0, 0.05) is 17.5 Å². The number of hydrogen-bond donors (Lipinski definition) is 2. The van der Waals surface area contributed by atoms with Crippen LogP contribution in [-0.4, -0.2) is 26.1 Å². The standard InChI is InChI=1S/C25H21N3O5S/c1-15-2-8-21-19(10-15)20(12-22(28-21)17-5-9-23-24(11-17)33-14-32-23)25(29)27-13-16-3-6-18(7-4-16)34(26,30)31/h2-12H,13-14H2,1H3,(H,27,29)(H2,26,30,31). The molecule has 0 radical (unpaired) electrons. The highest BCUT2D eigenvalue weighted by atomic mass is 32.2. The van der Waals surface area contributed by atoms with Gasteiger partial charge in [0.2, 0.25) is 16.8 Å². The van der Waals surface area contributed by atoms with Crippen LogP contribution in [-0.2, 0) is 16.6 Å². The normalized spacial score (nSPS) is 12.6. The van der Waals surface area contributed by atoms with E-state index in [-0.39, 0.29) is 24.1 Å². The minimum Gasteiger partial charge on any atom is -0.454 e. The number of aryl methyl sites for hydroxylation is 1. The Bertz CT molecular complexity index is 1530. The lowest BCUT2D eigenvalue weighted by atomic mass is 10.0. The maximum atomic E-state index is 13.2. The summed E-state index contributed by atoms with van der Waals surface area (Å²) in [5, 5.41) is 8.80. The minimum atomic E-state index is -3.77. The highest BCUT2D eigenvalue weighted by molar-refractivity contribution is 7.89. The van der Waals surface area contributed by atoms with Crippen LogP contribution >= 0.6 is 0 Å². The Morgan fingerprint density at radius 3 is 2.53 bits per heavy atom. The summed E-state index contributed by atoms with van der Waals surface area (Å²) in [6.45, 7) is 2.35. The quantitative estimate of drug-likeness (QED) is 0.456.